The van der Waals surface area contributed by atoms with Crippen LogP contribution in [0.1, 0.15) is 44.5 Å². The first-order valence-electron chi connectivity index (χ1n) is 7.23. The summed E-state index contributed by atoms with van der Waals surface area (Å²) in [7, 11) is 0. The van der Waals surface area contributed by atoms with E-state index in [4.69, 9.17) is 4.98 Å². The van der Waals surface area contributed by atoms with Crippen LogP contribution in [-0.2, 0) is 13.1 Å². The number of nitrogens with one attached hydrogen (secondary N) is 1. The van der Waals surface area contributed by atoms with Gasteiger partial charge in [-0.25, -0.2) is 0 Å². The molecule has 0 aliphatic heterocycles. The van der Waals surface area contributed by atoms with Crippen LogP contribution >= 0.6 is 0 Å². The van der Waals surface area contributed by atoms with E-state index in [0.717, 1.165) is 31.4 Å². The van der Waals surface area contributed by atoms with E-state index in [9.17, 15) is 0 Å². The number of aromatic nitrogens is 1. The van der Waals surface area contributed by atoms with Crippen molar-refractivity contribution in [3.05, 3.63) is 29.6 Å². The largest absolute Gasteiger partial charge is 0.311 e. The molecule has 0 bridgehead atoms. The molecule has 0 atom stereocenters. The first kappa shape index (κ1) is 13.5. The minimum atomic E-state index is 0.823. The van der Waals surface area contributed by atoms with E-state index in [-0.39, 0.29) is 0 Å². The zero-order chi connectivity index (χ0) is 12.8. The summed E-state index contributed by atoms with van der Waals surface area (Å²) in [4.78, 5) is 7.32. The average Bonchev–Trinajstić information content (AvgIpc) is 3.21. The highest BCUT2D eigenvalue weighted by molar-refractivity contribution is 5.11. The molecule has 18 heavy (non-hydrogen) atoms. The molecule has 1 aromatic heterocycles. The van der Waals surface area contributed by atoms with Gasteiger partial charge in [-0.2, -0.15) is 0 Å². The van der Waals surface area contributed by atoms with Crippen LogP contribution in [0.5, 0.6) is 0 Å². The van der Waals surface area contributed by atoms with Crippen LogP contribution in [0.25, 0.3) is 0 Å². The van der Waals surface area contributed by atoms with Crippen molar-refractivity contribution in [1.29, 1.82) is 0 Å². The second-order valence-corrected chi connectivity index (χ2v) is 5.10. The van der Waals surface area contributed by atoms with Crippen LogP contribution in [0.15, 0.2) is 18.2 Å². The van der Waals surface area contributed by atoms with Gasteiger partial charge in [0.15, 0.2) is 0 Å². The Labute approximate surface area is 111 Å². The SMILES string of the molecule is CCCN(Cc1cccc(CNCC)n1)C1CC1. The van der Waals surface area contributed by atoms with Gasteiger partial charge in [-0.3, -0.25) is 9.88 Å². The first-order valence-corrected chi connectivity index (χ1v) is 7.23. The molecule has 0 amide bonds. The van der Waals surface area contributed by atoms with Crippen LogP contribution in [0.2, 0.25) is 0 Å². The van der Waals surface area contributed by atoms with E-state index in [1.54, 1.807) is 0 Å². The lowest BCUT2D eigenvalue weighted by Gasteiger charge is -2.20. The van der Waals surface area contributed by atoms with E-state index in [1.165, 1.54) is 31.5 Å². The second-order valence-electron chi connectivity index (χ2n) is 5.10. The molecular formula is C15H25N3. The van der Waals surface area contributed by atoms with Crippen molar-refractivity contribution in [2.45, 2.75) is 52.2 Å². The van der Waals surface area contributed by atoms with Gasteiger partial charge in [-0.05, 0) is 44.5 Å². The van der Waals surface area contributed by atoms with Crippen molar-refractivity contribution in [1.82, 2.24) is 15.2 Å². The third-order valence-corrected chi connectivity index (χ3v) is 3.36. The topological polar surface area (TPSA) is 28.2 Å². The maximum Gasteiger partial charge on any atom is 0.0547 e. The molecule has 0 aromatic carbocycles. The van der Waals surface area contributed by atoms with Gasteiger partial charge in [0, 0.05) is 19.1 Å². The Morgan fingerprint density at radius 3 is 2.72 bits per heavy atom. The fraction of sp³-hybridized carbons (Fsp3) is 0.667. The second kappa shape index (κ2) is 6.86. The molecule has 1 saturated carbocycles. The third kappa shape index (κ3) is 4.07. The van der Waals surface area contributed by atoms with Crippen LogP contribution < -0.4 is 5.32 Å². The quantitative estimate of drug-likeness (QED) is 0.765. The highest BCUT2D eigenvalue weighted by Gasteiger charge is 2.28. The predicted octanol–water partition coefficient (Wildman–Crippen LogP) is 2.57. The lowest BCUT2D eigenvalue weighted by atomic mass is 10.2. The van der Waals surface area contributed by atoms with Crippen molar-refractivity contribution in [2.75, 3.05) is 13.1 Å². The average molecular weight is 247 g/mol. The molecule has 1 aliphatic rings. The molecule has 1 N–H and O–H groups in total. The van der Waals surface area contributed by atoms with Crippen molar-refractivity contribution < 1.29 is 0 Å². The normalized spacial score (nSPS) is 15.3. The molecule has 3 heteroatoms. The van der Waals surface area contributed by atoms with Crippen molar-refractivity contribution in [3.8, 4) is 0 Å². The molecule has 0 radical (unpaired) electrons. The Balaban J connectivity index is 1.94. The zero-order valence-electron chi connectivity index (χ0n) is 11.7. The number of pyridine rings is 1. The number of rotatable bonds is 8. The first-order chi connectivity index (χ1) is 8.83. The summed E-state index contributed by atoms with van der Waals surface area (Å²) in [5, 5.41) is 3.33. The molecular weight excluding hydrogens is 222 g/mol. The summed E-state index contributed by atoms with van der Waals surface area (Å²) in [6.07, 6.45) is 3.97. The smallest absolute Gasteiger partial charge is 0.0547 e. The Morgan fingerprint density at radius 2 is 2.06 bits per heavy atom. The van der Waals surface area contributed by atoms with Crippen molar-refractivity contribution in [2.24, 2.45) is 0 Å². The van der Waals surface area contributed by atoms with Crippen LogP contribution in [0.4, 0.5) is 0 Å². The van der Waals surface area contributed by atoms with Crippen molar-refractivity contribution in [3.63, 3.8) is 0 Å². The highest BCUT2D eigenvalue weighted by atomic mass is 15.2. The summed E-state index contributed by atoms with van der Waals surface area (Å²) < 4.78 is 0. The minimum Gasteiger partial charge on any atom is -0.311 e. The maximum atomic E-state index is 4.74. The molecule has 1 aromatic rings. The van der Waals surface area contributed by atoms with Gasteiger partial charge < -0.3 is 5.32 Å². The third-order valence-electron chi connectivity index (χ3n) is 3.36. The van der Waals surface area contributed by atoms with Gasteiger partial charge in [0.2, 0.25) is 0 Å². The van der Waals surface area contributed by atoms with E-state index in [1.807, 2.05) is 0 Å². The van der Waals surface area contributed by atoms with Gasteiger partial charge in [0.1, 0.15) is 0 Å². The number of nitrogens with zero attached hydrogens (tertiary/aromatic N) is 2. The van der Waals surface area contributed by atoms with Gasteiger partial charge in [-0.1, -0.05) is 19.9 Å². The van der Waals surface area contributed by atoms with Crippen LogP contribution in [0, 0.1) is 0 Å². The van der Waals surface area contributed by atoms with Crippen molar-refractivity contribution >= 4 is 0 Å². The Kier molecular flexibility index (Phi) is 5.14. The molecule has 0 spiro atoms. The number of hydrogen-bond donors (Lipinski definition) is 1. The van der Waals surface area contributed by atoms with Gasteiger partial charge >= 0.3 is 0 Å². The molecule has 1 heterocycles. The monoisotopic (exact) mass is 247 g/mol. The summed E-state index contributed by atoms with van der Waals surface area (Å²) in [6, 6.07) is 7.21. The standard InChI is InChI=1S/C15H25N3/c1-3-10-18(15-8-9-15)12-14-7-5-6-13(17-14)11-16-4-2/h5-7,15-16H,3-4,8-12H2,1-2H3. The molecule has 1 fully saturated rings. The molecule has 100 valence electrons. The van der Waals surface area contributed by atoms with Gasteiger partial charge in [-0.15, -0.1) is 0 Å². The van der Waals surface area contributed by atoms with Crippen LogP contribution in [-0.4, -0.2) is 29.0 Å². The van der Waals surface area contributed by atoms with Gasteiger partial charge in [0.05, 0.1) is 11.4 Å². The van der Waals surface area contributed by atoms with Gasteiger partial charge in [0.25, 0.3) is 0 Å². The van der Waals surface area contributed by atoms with E-state index in [2.05, 4.69) is 42.3 Å². The van der Waals surface area contributed by atoms with E-state index >= 15 is 0 Å². The lowest BCUT2D eigenvalue weighted by molar-refractivity contribution is 0.252. The fourth-order valence-corrected chi connectivity index (χ4v) is 2.29. The summed E-state index contributed by atoms with van der Waals surface area (Å²) >= 11 is 0. The Hall–Kier alpha value is -0.930. The fourth-order valence-electron chi connectivity index (χ4n) is 2.29. The zero-order valence-corrected chi connectivity index (χ0v) is 11.7. The Morgan fingerprint density at radius 1 is 1.28 bits per heavy atom. The maximum absolute atomic E-state index is 4.74. The van der Waals surface area contributed by atoms with E-state index in [0.29, 0.717) is 0 Å². The summed E-state index contributed by atoms with van der Waals surface area (Å²) in [5.41, 5.74) is 2.37. The lowest BCUT2D eigenvalue weighted by Crippen LogP contribution is -2.27. The molecule has 0 unspecified atom stereocenters. The number of hydrogen-bond acceptors (Lipinski definition) is 3. The summed E-state index contributed by atoms with van der Waals surface area (Å²) in [6.45, 7) is 8.46. The molecule has 0 saturated heterocycles. The van der Waals surface area contributed by atoms with Crippen LogP contribution in [0.3, 0.4) is 0 Å². The molecule has 1 aliphatic carbocycles. The molecule has 2 rings (SSSR count). The predicted molar refractivity (Wildman–Crippen MR) is 75.3 cm³/mol. The summed E-state index contributed by atoms with van der Waals surface area (Å²) in [5.74, 6) is 0. The highest BCUT2D eigenvalue weighted by Crippen LogP contribution is 2.28. The minimum absolute atomic E-state index is 0.823. The Bertz CT molecular complexity index is 361. The molecule has 3 nitrogen and oxygen atoms in total. The van der Waals surface area contributed by atoms with E-state index < -0.39 is 0 Å².